The molecule has 0 saturated heterocycles. The van der Waals surface area contributed by atoms with E-state index in [1.54, 1.807) is 0 Å². The normalized spacial score (nSPS) is 10.9. The molecule has 1 aromatic carbocycles. The molecule has 1 rings (SSSR count). The molecule has 0 saturated carbocycles. The van der Waals surface area contributed by atoms with Crippen molar-refractivity contribution in [3.05, 3.63) is 41.5 Å². The van der Waals surface area contributed by atoms with Crippen LogP contribution in [0.3, 0.4) is 0 Å². The molecule has 0 N–H and O–H groups in total. The van der Waals surface area contributed by atoms with Crippen molar-refractivity contribution in [2.75, 3.05) is 0 Å². The van der Waals surface area contributed by atoms with E-state index >= 15 is 0 Å². The molecule has 0 unspecified atom stereocenters. The quantitative estimate of drug-likeness (QED) is 0.587. The van der Waals surface area contributed by atoms with Gasteiger partial charge >= 0.3 is 0 Å². The number of nitriles is 1. The summed E-state index contributed by atoms with van der Waals surface area (Å²) in [5.74, 6) is -1.27. The first kappa shape index (κ1) is 8.41. The lowest BCUT2D eigenvalue weighted by molar-refractivity contribution is 0.627. The molecule has 0 aromatic heterocycles. The fourth-order valence-electron chi connectivity index (χ4n) is 0.738. The van der Waals surface area contributed by atoms with Gasteiger partial charge in [-0.05, 0) is 23.8 Å². The summed E-state index contributed by atoms with van der Waals surface area (Å²) < 4.78 is 24.7. The Balaban J connectivity index is 2.93. The summed E-state index contributed by atoms with van der Waals surface area (Å²) in [6.45, 7) is 0. The monoisotopic (exact) mass is 165 g/mol. The molecule has 0 aliphatic rings. The molecular weight excluding hydrogens is 160 g/mol. The van der Waals surface area contributed by atoms with Crippen molar-refractivity contribution in [2.24, 2.45) is 0 Å². The molecule has 60 valence electrons. The summed E-state index contributed by atoms with van der Waals surface area (Å²) in [5, 5.41) is 8.08. The van der Waals surface area contributed by atoms with Gasteiger partial charge in [-0.3, -0.25) is 0 Å². The molecule has 0 spiro atoms. The van der Waals surface area contributed by atoms with Crippen molar-refractivity contribution in [3.8, 4) is 6.07 Å². The number of hydrogen-bond acceptors (Lipinski definition) is 1. The van der Waals surface area contributed by atoms with Crippen LogP contribution < -0.4 is 0 Å². The number of rotatable bonds is 1. The molecule has 1 nitrogen and oxygen atoms in total. The molecule has 0 radical (unpaired) electrons. The Hall–Kier alpha value is -1.69. The molecule has 0 aliphatic heterocycles. The lowest BCUT2D eigenvalue weighted by Gasteiger charge is -1.90. The Morgan fingerprint density at radius 3 is 2.42 bits per heavy atom. The van der Waals surface area contributed by atoms with Crippen LogP contribution >= 0.6 is 0 Å². The molecular formula is C9H5F2N. The highest BCUT2D eigenvalue weighted by atomic mass is 19.1. The van der Waals surface area contributed by atoms with Gasteiger partial charge in [-0.15, -0.1) is 0 Å². The van der Waals surface area contributed by atoms with Crippen molar-refractivity contribution in [2.45, 2.75) is 0 Å². The van der Waals surface area contributed by atoms with Crippen molar-refractivity contribution >= 4 is 6.08 Å². The van der Waals surface area contributed by atoms with Crippen LogP contribution in [-0.4, -0.2) is 0 Å². The van der Waals surface area contributed by atoms with Gasteiger partial charge in [0.2, 0.25) is 5.83 Å². The lowest BCUT2D eigenvalue weighted by atomic mass is 10.2. The smallest absolute Gasteiger partial charge is 0.200 e. The maximum atomic E-state index is 12.3. The van der Waals surface area contributed by atoms with Crippen LogP contribution in [0.25, 0.3) is 6.08 Å². The molecule has 0 heterocycles. The standard InChI is InChI=1S/C9H5F2N/c10-8-3-1-7(2-4-8)5-9(11)6-12/h1-5H/b9-5-. The highest BCUT2D eigenvalue weighted by Crippen LogP contribution is 2.08. The van der Waals surface area contributed by atoms with Gasteiger partial charge < -0.3 is 0 Å². The van der Waals surface area contributed by atoms with Gasteiger partial charge in [0.15, 0.2) is 0 Å². The Morgan fingerprint density at radius 2 is 1.92 bits per heavy atom. The van der Waals surface area contributed by atoms with Crippen LogP contribution in [0.1, 0.15) is 5.56 Å². The predicted molar refractivity (Wildman–Crippen MR) is 41.1 cm³/mol. The van der Waals surface area contributed by atoms with Crippen molar-refractivity contribution < 1.29 is 8.78 Å². The number of hydrogen-bond donors (Lipinski definition) is 0. The first-order chi connectivity index (χ1) is 5.72. The molecule has 0 atom stereocenters. The Kier molecular flexibility index (Phi) is 2.54. The maximum absolute atomic E-state index is 12.3. The predicted octanol–water partition coefficient (Wildman–Crippen LogP) is 2.66. The zero-order chi connectivity index (χ0) is 8.97. The second kappa shape index (κ2) is 3.63. The Morgan fingerprint density at radius 1 is 1.33 bits per heavy atom. The van der Waals surface area contributed by atoms with E-state index in [4.69, 9.17) is 5.26 Å². The third-order valence-electron chi connectivity index (χ3n) is 1.27. The zero-order valence-corrected chi connectivity index (χ0v) is 6.09. The summed E-state index contributed by atoms with van der Waals surface area (Å²) in [4.78, 5) is 0. The van der Waals surface area contributed by atoms with E-state index < -0.39 is 5.83 Å². The van der Waals surface area contributed by atoms with E-state index in [2.05, 4.69) is 0 Å². The minimum absolute atomic E-state index is 0.385. The first-order valence-electron chi connectivity index (χ1n) is 3.25. The molecule has 0 fully saturated rings. The fraction of sp³-hybridized carbons (Fsp3) is 0. The summed E-state index contributed by atoms with van der Waals surface area (Å²) in [6.07, 6.45) is 1.04. The van der Waals surface area contributed by atoms with Crippen molar-refractivity contribution in [1.29, 1.82) is 5.26 Å². The van der Waals surface area contributed by atoms with Gasteiger partial charge in [0, 0.05) is 0 Å². The SMILES string of the molecule is N#C/C(F)=C/c1ccc(F)cc1. The third-order valence-corrected chi connectivity index (χ3v) is 1.27. The largest absolute Gasteiger partial charge is 0.207 e. The minimum Gasteiger partial charge on any atom is -0.207 e. The highest BCUT2D eigenvalue weighted by Gasteiger charge is 1.93. The van der Waals surface area contributed by atoms with Crippen LogP contribution in [0.15, 0.2) is 30.1 Å². The molecule has 0 aliphatic carbocycles. The second-order valence-electron chi connectivity index (χ2n) is 2.16. The Bertz CT molecular complexity index is 333. The maximum Gasteiger partial charge on any atom is 0.200 e. The average Bonchev–Trinajstić information content (AvgIpc) is 2.09. The van der Waals surface area contributed by atoms with Gasteiger partial charge in [-0.1, -0.05) is 12.1 Å². The van der Waals surface area contributed by atoms with Gasteiger partial charge in [0.1, 0.15) is 11.9 Å². The van der Waals surface area contributed by atoms with Crippen molar-refractivity contribution in [1.82, 2.24) is 0 Å². The van der Waals surface area contributed by atoms with E-state index in [1.165, 1.54) is 30.3 Å². The summed E-state index contributed by atoms with van der Waals surface area (Å²) in [6, 6.07) is 6.53. The van der Waals surface area contributed by atoms with Crippen LogP contribution in [0.5, 0.6) is 0 Å². The zero-order valence-electron chi connectivity index (χ0n) is 6.09. The Labute approximate surface area is 68.6 Å². The number of nitrogens with zero attached hydrogens (tertiary/aromatic N) is 1. The van der Waals surface area contributed by atoms with Crippen LogP contribution in [0, 0.1) is 17.1 Å². The van der Waals surface area contributed by atoms with E-state index in [0.29, 0.717) is 5.56 Å². The van der Waals surface area contributed by atoms with E-state index in [0.717, 1.165) is 6.08 Å². The molecule has 1 aromatic rings. The van der Waals surface area contributed by atoms with E-state index in [1.807, 2.05) is 0 Å². The highest BCUT2D eigenvalue weighted by molar-refractivity contribution is 5.54. The number of benzene rings is 1. The third kappa shape index (κ3) is 2.17. The first-order valence-corrected chi connectivity index (χ1v) is 3.25. The average molecular weight is 165 g/mol. The topological polar surface area (TPSA) is 23.8 Å². The molecule has 3 heteroatoms. The number of halogens is 2. The van der Waals surface area contributed by atoms with E-state index in [-0.39, 0.29) is 5.82 Å². The van der Waals surface area contributed by atoms with Gasteiger partial charge in [0.25, 0.3) is 0 Å². The summed E-state index contributed by atoms with van der Waals surface area (Å²) >= 11 is 0. The summed E-state index contributed by atoms with van der Waals surface area (Å²) in [5.41, 5.74) is 0.468. The lowest BCUT2D eigenvalue weighted by Crippen LogP contribution is -1.75. The van der Waals surface area contributed by atoms with Crippen LogP contribution in [-0.2, 0) is 0 Å². The minimum atomic E-state index is -0.887. The summed E-state index contributed by atoms with van der Waals surface area (Å²) in [7, 11) is 0. The second-order valence-corrected chi connectivity index (χ2v) is 2.16. The van der Waals surface area contributed by atoms with E-state index in [9.17, 15) is 8.78 Å². The van der Waals surface area contributed by atoms with Gasteiger partial charge in [-0.2, -0.15) is 9.65 Å². The fourth-order valence-corrected chi connectivity index (χ4v) is 0.738. The molecule has 0 amide bonds. The molecule has 0 bridgehead atoms. The van der Waals surface area contributed by atoms with Gasteiger partial charge in [0.05, 0.1) is 0 Å². The van der Waals surface area contributed by atoms with Gasteiger partial charge in [-0.25, -0.2) is 4.39 Å². The number of allylic oxidation sites excluding steroid dienone is 1. The molecule has 12 heavy (non-hydrogen) atoms. The van der Waals surface area contributed by atoms with Crippen LogP contribution in [0.4, 0.5) is 8.78 Å². The van der Waals surface area contributed by atoms with Crippen LogP contribution in [0.2, 0.25) is 0 Å². The van der Waals surface area contributed by atoms with Crippen molar-refractivity contribution in [3.63, 3.8) is 0 Å².